The van der Waals surface area contributed by atoms with E-state index in [4.69, 9.17) is 0 Å². The van der Waals surface area contributed by atoms with Crippen LogP contribution in [0.4, 0.5) is 0 Å². The van der Waals surface area contributed by atoms with Gasteiger partial charge in [-0.3, -0.25) is 0 Å². The number of alkyl halides is 1. The van der Waals surface area contributed by atoms with Crippen LogP contribution in [-0.2, 0) is 0 Å². The van der Waals surface area contributed by atoms with Crippen molar-refractivity contribution in [2.24, 2.45) is 0 Å². The van der Waals surface area contributed by atoms with Crippen LogP contribution in [0.15, 0.2) is 0 Å². The zero-order valence-electron chi connectivity index (χ0n) is 5.61. The van der Waals surface area contributed by atoms with Crippen LogP contribution in [0.1, 0.15) is 27.2 Å². The molecule has 0 aliphatic rings. The van der Waals surface area contributed by atoms with Crippen LogP contribution in [0.5, 0.6) is 0 Å². The zero-order valence-corrected chi connectivity index (χ0v) is 7.20. The van der Waals surface area contributed by atoms with Crippen molar-refractivity contribution in [1.29, 1.82) is 0 Å². The molecule has 0 spiro atoms. The molecule has 0 saturated heterocycles. The van der Waals surface area contributed by atoms with Crippen molar-refractivity contribution in [1.82, 2.24) is 0 Å². The second-order valence-corrected chi connectivity index (χ2v) is 3.70. The first-order valence-electron chi connectivity index (χ1n) is 2.87. The molecule has 2 atom stereocenters. The Kier molecular flexibility index (Phi) is 2.99. The summed E-state index contributed by atoms with van der Waals surface area (Å²) in [6.45, 7) is 5.74. The lowest BCUT2D eigenvalue weighted by atomic mass is 10.0. The molecule has 2 heteroatoms. The van der Waals surface area contributed by atoms with Gasteiger partial charge in [0.15, 0.2) is 0 Å². The molecule has 0 unspecified atom stereocenters. The Bertz CT molecular complexity index is 68.9. The van der Waals surface area contributed by atoms with E-state index in [0.29, 0.717) is 0 Å². The molecule has 0 aliphatic carbocycles. The zero-order chi connectivity index (χ0) is 6.78. The van der Waals surface area contributed by atoms with E-state index in [9.17, 15) is 5.11 Å². The molecule has 0 fully saturated rings. The van der Waals surface area contributed by atoms with Crippen molar-refractivity contribution in [2.75, 3.05) is 0 Å². The summed E-state index contributed by atoms with van der Waals surface area (Å²) >= 11 is 3.31. The van der Waals surface area contributed by atoms with Gasteiger partial charge in [0.2, 0.25) is 0 Å². The quantitative estimate of drug-likeness (QED) is 0.645. The third kappa shape index (κ3) is 2.14. The molecule has 0 aromatic carbocycles. The first kappa shape index (κ1) is 8.44. The van der Waals surface area contributed by atoms with Gasteiger partial charge in [0, 0.05) is 4.83 Å². The summed E-state index contributed by atoms with van der Waals surface area (Å²) in [6.07, 6.45) is 0.791. The van der Waals surface area contributed by atoms with E-state index in [0.717, 1.165) is 6.42 Å². The lowest BCUT2D eigenvalue weighted by molar-refractivity contribution is 0.0598. The monoisotopic (exact) mass is 180 g/mol. The Balaban J connectivity index is 3.71. The van der Waals surface area contributed by atoms with Gasteiger partial charge in [-0.05, 0) is 20.3 Å². The third-order valence-electron chi connectivity index (χ3n) is 1.57. The van der Waals surface area contributed by atoms with Crippen LogP contribution in [-0.4, -0.2) is 15.5 Å². The molecule has 50 valence electrons. The fraction of sp³-hybridized carbons (Fsp3) is 1.00. The summed E-state index contributed by atoms with van der Waals surface area (Å²) in [5, 5.41) is 9.35. The lowest BCUT2D eigenvalue weighted by Crippen LogP contribution is -2.31. The van der Waals surface area contributed by atoms with Gasteiger partial charge in [0.1, 0.15) is 0 Å². The molecular formula is C6H13BrO. The summed E-state index contributed by atoms with van der Waals surface area (Å²) in [7, 11) is 0. The standard InChI is InChI=1S/C6H13BrO/c1-4-6(3,8)5(2)7/h5,8H,4H2,1-3H3/t5-,6+/m0/s1. The predicted octanol–water partition coefficient (Wildman–Crippen LogP) is 1.93. The van der Waals surface area contributed by atoms with Crippen molar-refractivity contribution in [2.45, 2.75) is 37.6 Å². The second-order valence-electron chi connectivity index (χ2n) is 2.33. The summed E-state index contributed by atoms with van der Waals surface area (Å²) in [6, 6.07) is 0. The Labute approximate surface area is 59.2 Å². The maximum absolute atomic E-state index is 9.35. The predicted molar refractivity (Wildman–Crippen MR) is 39.3 cm³/mol. The highest BCUT2D eigenvalue weighted by molar-refractivity contribution is 9.09. The number of aliphatic hydroxyl groups is 1. The Morgan fingerprint density at radius 2 is 2.12 bits per heavy atom. The first-order valence-corrected chi connectivity index (χ1v) is 3.78. The molecule has 0 rings (SSSR count). The largest absolute Gasteiger partial charge is 0.389 e. The number of halogens is 1. The molecule has 0 aromatic rings. The highest BCUT2D eigenvalue weighted by atomic mass is 79.9. The van der Waals surface area contributed by atoms with Crippen molar-refractivity contribution >= 4 is 15.9 Å². The van der Waals surface area contributed by atoms with Gasteiger partial charge in [-0.15, -0.1) is 0 Å². The van der Waals surface area contributed by atoms with E-state index >= 15 is 0 Å². The SMILES string of the molecule is CC[C@@](C)(O)[C@H](C)Br. The van der Waals surface area contributed by atoms with E-state index in [1.54, 1.807) is 0 Å². The van der Waals surface area contributed by atoms with Crippen LogP contribution in [0.3, 0.4) is 0 Å². The molecule has 0 radical (unpaired) electrons. The Morgan fingerprint density at radius 1 is 1.75 bits per heavy atom. The van der Waals surface area contributed by atoms with Gasteiger partial charge >= 0.3 is 0 Å². The van der Waals surface area contributed by atoms with Crippen molar-refractivity contribution in [3.05, 3.63) is 0 Å². The van der Waals surface area contributed by atoms with Crippen LogP contribution in [0.2, 0.25) is 0 Å². The van der Waals surface area contributed by atoms with Gasteiger partial charge < -0.3 is 5.11 Å². The van der Waals surface area contributed by atoms with Crippen molar-refractivity contribution in [3.8, 4) is 0 Å². The summed E-state index contributed by atoms with van der Waals surface area (Å²) in [5.41, 5.74) is -0.542. The summed E-state index contributed by atoms with van der Waals surface area (Å²) in [4.78, 5) is 0.181. The van der Waals surface area contributed by atoms with Gasteiger partial charge in [0.05, 0.1) is 5.60 Å². The third-order valence-corrected chi connectivity index (χ3v) is 2.56. The van der Waals surface area contributed by atoms with E-state index in [2.05, 4.69) is 15.9 Å². The average Bonchev–Trinajstić information content (AvgIpc) is 1.67. The van der Waals surface area contributed by atoms with Gasteiger partial charge in [-0.1, -0.05) is 22.9 Å². The minimum atomic E-state index is -0.542. The van der Waals surface area contributed by atoms with E-state index in [1.165, 1.54) is 0 Å². The van der Waals surface area contributed by atoms with Gasteiger partial charge in [0.25, 0.3) is 0 Å². The lowest BCUT2D eigenvalue weighted by Gasteiger charge is -2.23. The summed E-state index contributed by atoms with van der Waals surface area (Å²) in [5.74, 6) is 0. The average molecular weight is 181 g/mol. The minimum absolute atomic E-state index is 0.181. The molecular weight excluding hydrogens is 168 g/mol. The Morgan fingerprint density at radius 3 is 2.12 bits per heavy atom. The fourth-order valence-corrected chi connectivity index (χ4v) is 0.605. The van der Waals surface area contributed by atoms with Crippen molar-refractivity contribution in [3.63, 3.8) is 0 Å². The molecule has 0 amide bonds. The number of rotatable bonds is 2. The molecule has 8 heavy (non-hydrogen) atoms. The molecule has 1 N–H and O–H groups in total. The summed E-state index contributed by atoms with van der Waals surface area (Å²) < 4.78 is 0. The smallest absolute Gasteiger partial charge is 0.0738 e. The molecule has 0 aliphatic heterocycles. The number of hydrogen-bond donors (Lipinski definition) is 1. The molecule has 0 heterocycles. The molecule has 0 bridgehead atoms. The maximum atomic E-state index is 9.35. The highest BCUT2D eigenvalue weighted by Gasteiger charge is 2.22. The second kappa shape index (κ2) is 2.83. The van der Waals surface area contributed by atoms with Crippen LogP contribution in [0.25, 0.3) is 0 Å². The van der Waals surface area contributed by atoms with Crippen LogP contribution in [0, 0.1) is 0 Å². The molecule has 0 aromatic heterocycles. The molecule has 0 saturated carbocycles. The van der Waals surface area contributed by atoms with Gasteiger partial charge in [-0.25, -0.2) is 0 Å². The fourth-order valence-electron chi connectivity index (χ4n) is 0.281. The topological polar surface area (TPSA) is 20.2 Å². The van der Waals surface area contributed by atoms with E-state index < -0.39 is 5.60 Å². The normalized spacial score (nSPS) is 22.1. The maximum Gasteiger partial charge on any atom is 0.0738 e. The highest BCUT2D eigenvalue weighted by Crippen LogP contribution is 2.19. The number of hydrogen-bond acceptors (Lipinski definition) is 1. The molecule has 1 nitrogen and oxygen atoms in total. The van der Waals surface area contributed by atoms with Crippen LogP contribution < -0.4 is 0 Å². The van der Waals surface area contributed by atoms with Crippen LogP contribution >= 0.6 is 15.9 Å². The van der Waals surface area contributed by atoms with Gasteiger partial charge in [-0.2, -0.15) is 0 Å². The minimum Gasteiger partial charge on any atom is -0.389 e. The van der Waals surface area contributed by atoms with E-state index in [-0.39, 0.29) is 4.83 Å². The first-order chi connectivity index (χ1) is 3.50. The van der Waals surface area contributed by atoms with Crippen molar-refractivity contribution < 1.29 is 5.11 Å². The van der Waals surface area contributed by atoms with E-state index in [1.807, 2.05) is 20.8 Å². The Hall–Kier alpha value is 0.440.